The van der Waals surface area contributed by atoms with E-state index in [0.717, 1.165) is 28.0 Å². The predicted molar refractivity (Wildman–Crippen MR) is 190 cm³/mol. The molecule has 242 valence electrons. The normalized spacial score (nSPS) is 12.3. The smallest absolute Gasteiger partial charge is 0.282 e. The first-order valence-electron chi connectivity index (χ1n) is 15.1. The molecule has 0 radical (unpaired) electrons. The van der Waals surface area contributed by atoms with Gasteiger partial charge in [-0.3, -0.25) is 4.79 Å². The van der Waals surface area contributed by atoms with E-state index in [4.69, 9.17) is 33.8 Å². The summed E-state index contributed by atoms with van der Waals surface area (Å²) in [5, 5.41) is 5.19. The van der Waals surface area contributed by atoms with Crippen LogP contribution >= 0.6 is 31.9 Å². The third kappa shape index (κ3) is 6.46. The maximum absolute atomic E-state index is 14.0. The first kappa shape index (κ1) is 32.6. The molecule has 0 saturated heterocycles. The molecule has 6 rings (SSSR count). The van der Waals surface area contributed by atoms with Crippen molar-refractivity contribution in [2.75, 3.05) is 20.5 Å². The van der Waals surface area contributed by atoms with Gasteiger partial charge in [0.1, 0.15) is 12.4 Å². The molecule has 4 aromatic carbocycles. The molecule has 0 saturated carbocycles. The average Bonchev–Trinajstić information content (AvgIpc) is 3.54. The topological polar surface area (TPSA) is 93.4 Å². The van der Waals surface area contributed by atoms with Gasteiger partial charge in [0.25, 0.3) is 5.56 Å². The summed E-state index contributed by atoms with van der Waals surface area (Å²) >= 11 is 7.36. The number of aromatic nitrogens is 2. The summed E-state index contributed by atoms with van der Waals surface area (Å²) in [6, 6.07) is 18.8. The Balaban J connectivity index is 1.41. The second-order valence-corrected chi connectivity index (χ2v) is 12.8. The monoisotopic (exact) mass is 761 g/mol. The van der Waals surface area contributed by atoms with Crippen molar-refractivity contribution in [1.29, 1.82) is 0 Å². The predicted octanol–water partition coefficient (Wildman–Crippen LogP) is 8.62. The number of halogens is 2. The molecule has 1 aliphatic rings. The molecule has 0 spiro atoms. The molecular formula is C36H33Br2N3O6. The van der Waals surface area contributed by atoms with Crippen LogP contribution in [0.25, 0.3) is 22.3 Å². The van der Waals surface area contributed by atoms with Gasteiger partial charge in [0.15, 0.2) is 28.8 Å². The average molecular weight is 763 g/mol. The van der Waals surface area contributed by atoms with Gasteiger partial charge in [0.05, 0.1) is 35.3 Å². The fourth-order valence-corrected chi connectivity index (χ4v) is 6.30. The number of ether oxygens (including phenoxy) is 5. The van der Waals surface area contributed by atoms with Crippen LogP contribution < -0.4 is 29.2 Å². The first-order chi connectivity index (χ1) is 22.7. The molecule has 0 amide bonds. The van der Waals surface area contributed by atoms with Gasteiger partial charge in [-0.25, -0.2) is 4.98 Å². The van der Waals surface area contributed by atoms with Crippen molar-refractivity contribution in [3.05, 3.63) is 102 Å². The van der Waals surface area contributed by atoms with E-state index in [1.165, 1.54) is 4.68 Å². The van der Waals surface area contributed by atoms with Gasteiger partial charge >= 0.3 is 0 Å². The summed E-state index contributed by atoms with van der Waals surface area (Å²) in [5.74, 6) is 3.82. The Morgan fingerprint density at radius 3 is 2.55 bits per heavy atom. The highest BCUT2D eigenvalue weighted by atomic mass is 79.9. The molecule has 0 fully saturated rings. The number of rotatable bonds is 10. The quantitative estimate of drug-likeness (QED) is 0.132. The SMILES string of the molecule is CCOc1cc(C)c(-c2nc3ccccc3c(=O)n2N=Cc2cc(OC)c(OCc3ccc4c(c3)OCO4)c(Br)c2Br)cc1C(C)C. The van der Waals surface area contributed by atoms with Crippen LogP contribution in [0.3, 0.4) is 0 Å². The molecule has 47 heavy (non-hydrogen) atoms. The summed E-state index contributed by atoms with van der Waals surface area (Å²) in [7, 11) is 1.57. The lowest BCUT2D eigenvalue weighted by Crippen LogP contribution is -2.21. The molecule has 1 aromatic heterocycles. The molecule has 2 heterocycles. The summed E-state index contributed by atoms with van der Waals surface area (Å²) in [6.07, 6.45) is 1.60. The van der Waals surface area contributed by atoms with Gasteiger partial charge in [-0.15, -0.1) is 0 Å². The lowest BCUT2D eigenvalue weighted by atomic mass is 9.96. The van der Waals surface area contributed by atoms with Crippen LogP contribution in [0, 0.1) is 6.92 Å². The zero-order valence-corrected chi connectivity index (χ0v) is 29.8. The lowest BCUT2D eigenvalue weighted by molar-refractivity contribution is 0.174. The van der Waals surface area contributed by atoms with Crippen LogP contribution in [0.15, 0.2) is 79.5 Å². The summed E-state index contributed by atoms with van der Waals surface area (Å²) in [5.41, 5.74) is 4.60. The van der Waals surface area contributed by atoms with Gasteiger partial charge in [-0.2, -0.15) is 9.78 Å². The van der Waals surface area contributed by atoms with Crippen molar-refractivity contribution in [2.24, 2.45) is 5.10 Å². The van der Waals surface area contributed by atoms with Gasteiger partial charge in [0, 0.05) is 15.6 Å². The van der Waals surface area contributed by atoms with Crippen molar-refractivity contribution < 1.29 is 23.7 Å². The molecule has 11 heteroatoms. The number of para-hydroxylation sites is 1. The summed E-state index contributed by atoms with van der Waals surface area (Å²) in [6.45, 7) is 9.20. The molecule has 5 aromatic rings. The molecule has 1 aliphatic heterocycles. The first-order valence-corrected chi connectivity index (χ1v) is 16.7. The standard InChI is InChI=1S/C36H33Br2N3O6/c1-6-44-29-13-21(4)26(16-25(29)20(2)3)35-40-27-10-8-7-9-24(27)36(42)41(35)39-17-23-15-31(43-5)34(33(38)32(23)37)45-18-22-11-12-28-30(14-22)47-19-46-28/h7-17,20H,6,18-19H2,1-5H3. The maximum Gasteiger partial charge on any atom is 0.282 e. The Bertz CT molecular complexity index is 2080. The summed E-state index contributed by atoms with van der Waals surface area (Å²) in [4.78, 5) is 18.9. The zero-order chi connectivity index (χ0) is 33.2. The third-order valence-electron chi connectivity index (χ3n) is 7.78. The van der Waals surface area contributed by atoms with E-state index in [1.54, 1.807) is 25.5 Å². The van der Waals surface area contributed by atoms with Crippen LogP contribution in [-0.2, 0) is 6.61 Å². The molecule has 0 N–H and O–H groups in total. The highest BCUT2D eigenvalue weighted by Gasteiger charge is 2.21. The van der Waals surface area contributed by atoms with Crippen LogP contribution in [0.1, 0.15) is 48.9 Å². The van der Waals surface area contributed by atoms with E-state index >= 15 is 0 Å². The van der Waals surface area contributed by atoms with Crippen LogP contribution in [0.5, 0.6) is 28.7 Å². The Kier molecular flexibility index (Phi) is 9.56. The Morgan fingerprint density at radius 2 is 1.79 bits per heavy atom. The lowest BCUT2D eigenvalue weighted by Gasteiger charge is -2.18. The van der Waals surface area contributed by atoms with Crippen molar-refractivity contribution in [3.63, 3.8) is 0 Å². The molecule has 0 bridgehead atoms. The van der Waals surface area contributed by atoms with Crippen LogP contribution in [0.2, 0.25) is 0 Å². The largest absolute Gasteiger partial charge is 0.494 e. The van der Waals surface area contributed by atoms with Gasteiger partial charge in [-0.05, 0) is 111 Å². The van der Waals surface area contributed by atoms with E-state index in [0.29, 0.717) is 60.8 Å². The number of methoxy groups -OCH3 is 1. The Hall–Kier alpha value is -4.35. The van der Waals surface area contributed by atoms with E-state index in [-0.39, 0.29) is 24.9 Å². The van der Waals surface area contributed by atoms with Crippen molar-refractivity contribution >= 4 is 49.0 Å². The van der Waals surface area contributed by atoms with Crippen LogP contribution in [-0.4, -0.2) is 36.4 Å². The van der Waals surface area contributed by atoms with E-state index < -0.39 is 0 Å². The van der Waals surface area contributed by atoms with Crippen molar-refractivity contribution in [1.82, 2.24) is 9.66 Å². The number of benzene rings is 4. The Labute approximate surface area is 289 Å². The number of aryl methyl sites for hydroxylation is 1. The Morgan fingerprint density at radius 1 is 1.00 bits per heavy atom. The highest BCUT2D eigenvalue weighted by Crippen LogP contribution is 2.43. The third-order valence-corrected chi connectivity index (χ3v) is 9.92. The second kappa shape index (κ2) is 13.8. The molecular weight excluding hydrogens is 730 g/mol. The van der Waals surface area contributed by atoms with Gasteiger partial charge < -0.3 is 23.7 Å². The number of nitrogens with zero attached hydrogens (tertiary/aromatic N) is 3. The fourth-order valence-electron chi connectivity index (χ4n) is 5.37. The van der Waals surface area contributed by atoms with Crippen molar-refractivity contribution in [3.8, 4) is 40.1 Å². The summed E-state index contributed by atoms with van der Waals surface area (Å²) < 4.78 is 31.4. The number of fused-ring (bicyclic) bond motifs is 2. The fraction of sp³-hybridized carbons (Fsp3) is 0.250. The highest BCUT2D eigenvalue weighted by molar-refractivity contribution is 9.13. The minimum atomic E-state index is -0.285. The number of hydrogen-bond donors (Lipinski definition) is 0. The van der Waals surface area contributed by atoms with Crippen molar-refractivity contribution in [2.45, 2.75) is 40.2 Å². The molecule has 0 aliphatic carbocycles. The molecule has 0 unspecified atom stereocenters. The molecule has 9 nitrogen and oxygen atoms in total. The minimum Gasteiger partial charge on any atom is -0.494 e. The van der Waals surface area contributed by atoms with E-state index in [1.807, 2.05) is 56.3 Å². The number of hydrogen-bond acceptors (Lipinski definition) is 8. The van der Waals surface area contributed by atoms with Gasteiger partial charge in [0.2, 0.25) is 6.79 Å². The molecule has 0 atom stereocenters. The van der Waals surface area contributed by atoms with E-state index in [9.17, 15) is 4.79 Å². The van der Waals surface area contributed by atoms with E-state index in [2.05, 4.69) is 51.8 Å². The van der Waals surface area contributed by atoms with Gasteiger partial charge in [-0.1, -0.05) is 32.0 Å². The minimum absolute atomic E-state index is 0.187. The van der Waals surface area contributed by atoms with Crippen LogP contribution in [0.4, 0.5) is 0 Å². The maximum atomic E-state index is 14.0. The zero-order valence-electron chi connectivity index (χ0n) is 26.6. The second-order valence-electron chi connectivity index (χ2n) is 11.2.